The van der Waals surface area contributed by atoms with Crippen molar-refractivity contribution >= 4 is 11.6 Å². The van der Waals surface area contributed by atoms with E-state index in [1.165, 1.54) is 12.1 Å². The Morgan fingerprint density at radius 3 is 2.21 bits per heavy atom. The van der Waals surface area contributed by atoms with Crippen LogP contribution >= 0.6 is 11.6 Å². The summed E-state index contributed by atoms with van der Waals surface area (Å²) in [5.41, 5.74) is 8.19. The summed E-state index contributed by atoms with van der Waals surface area (Å²) < 4.78 is 48.0. The van der Waals surface area contributed by atoms with Crippen LogP contribution in [-0.4, -0.2) is 54.1 Å². The van der Waals surface area contributed by atoms with Gasteiger partial charge < -0.3 is 10.5 Å². The summed E-state index contributed by atoms with van der Waals surface area (Å²) in [6.07, 6.45) is -2.90. The first-order valence-electron chi connectivity index (χ1n) is 12.4. The molecule has 2 N–H and O–H groups in total. The Hall–Kier alpha value is -3.17. The molecule has 0 amide bonds. The first kappa shape index (κ1) is 27.9. The highest BCUT2D eigenvalue weighted by atomic mass is 35.5. The van der Waals surface area contributed by atoms with Gasteiger partial charge in [-0.15, -0.1) is 0 Å². The molecule has 0 atom stereocenters. The number of aromatic nitrogens is 2. The van der Waals surface area contributed by atoms with Crippen molar-refractivity contribution in [1.29, 1.82) is 0 Å². The lowest BCUT2D eigenvalue weighted by Crippen LogP contribution is -2.39. The Kier molecular flexibility index (Phi) is 9.22. The fraction of sp³-hybridized carbons (Fsp3) is 0.276. The summed E-state index contributed by atoms with van der Waals surface area (Å²) in [5.74, 6) is 0. The second-order valence-corrected chi connectivity index (χ2v) is 9.38. The van der Waals surface area contributed by atoms with Crippen molar-refractivity contribution in [2.45, 2.75) is 13.1 Å². The van der Waals surface area contributed by atoms with Gasteiger partial charge in [-0.1, -0.05) is 59.6 Å². The molecule has 38 heavy (non-hydrogen) atoms. The van der Waals surface area contributed by atoms with Gasteiger partial charge >= 0.3 is 6.18 Å². The van der Waals surface area contributed by atoms with Crippen molar-refractivity contribution in [2.75, 3.05) is 39.4 Å². The van der Waals surface area contributed by atoms with Gasteiger partial charge in [-0.2, -0.15) is 18.3 Å². The van der Waals surface area contributed by atoms with Crippen LogP contribution in [0, 0.1) is 6.92 Å². The van der Waals surface area contributed by atoms with E-state index in [2.05, 4.69) is 10.00 Å². The van der Waals surface area contributed by atoms with Gasteiger partial charge in [0.25, 0.3) is 0 Å². The van der Waals surface area contributed by atoms with E-state index >= 15 is 0 Å². The second-order valence-electron chi connectivity index (χ2n) is 8.95. The lowest BCUT2D eigenvalue weighted by Gasteiger charge is -2.25. The van der Waals surface area contributed by atoms with E-state index in [0.717, 1.165) is 56.6 Å². The van der Waals surface area contributed by atoms with Gasteiger partial charge in [0.05, 0.1) is 36.4 Å². The van der Waals surface area contributed by atoms with Gasteiger partial charge in [0.1, 0.15) is 0 Å². The molecule has 5 nitrogen and oxygen atoms in total. The summed E-state index contributed by atoms with van der Waals surface area (Å²) in [5, 5.41) is 4.98. The Balaban J connectivity index is 0.000000317. The van der Waals surface area contributed by atoms with E-state index in [1.54, 1.807) is 41.2 Å². The molecule has 0 unspecified atom stereocenters. The molecule has 0 spiro atoms. The molecule has 1 saturated heterocycles. The van der Waals surface area contributed by atoms with Gasteiger partial charge in [0.15, 0.2) is 0 Å². The fourth-order valence-corrected chi connectivity index (χ4v) is 4.40. The molecule has 3 aromatic carbocycles. The van der Waals surface area contributed by atoms with Crippen molar-refractivity contribution < 1.29 is 17.9 Å². The molecule has 5 rings (SSSR count). The molecule has 2 heterocycles. The zero-order valence-electron chi connectivity index (χ0n) is 21.1. The van der Waals surface area contributed by atoms with Crippen LogP contribution in [0.1, 0.15) is 11.1 Å². The maximum absolute atomic E-state index is 13.8. The summed E-state index contributed by atoms with van der Waals surface area (Å²) >= 11 is 5.99. The Morgan fingerprint density at radius 2 is 1.58 bits per heavy atom. The third kappa shape index (κ3) is 6.82. The predicted octanol–water partition coefficient (Wildman–Crippen LogP) is 6.46. The molecule has 200 valence electrons. The maximum Gasteiger partial charge on any atom is 0.417 e. The highest BCUT2D eigenvalue weighted by Crippen LogP contribution is 2.41. The minimum absolute atomic E-state index is 0.0722. The van der Waals surface area contributed by atoms with E-state index in [-0.39, 0.29) is 5.56 Å². The molecule has 9 heteroatoms. The molecule has 0 bridgehead atoms. The number of hydrogen-bond donors (Lipinski definition) is 1. The van der Waals surface area contributed by atoms with Crippen molar-refractivity contribution in [1.82, 2.24) is 14.7 Å². The Morgan fingerprint density at radius 1 is 0.921 bits per heavy atom. The molecule has 4 aromatic rings. The molecular formula is C29H30ClF3N4O. The van der Waals surface area contributed by atoms with Crippen molar-refractivity contribution in [3.8, 4) is 28.1 Å². The number of rotatable bonds is 5. The van der Waals surface area contributed by atoms with Crippen molar-refractivity contribution in [2.24, 2.45) is 5.73 Å². The topological polar surface area (TPSA) is 56.3 Å². The monoisotopic (exact) mass is 542 g/mol. The lowest BCUT2D eigenvalue weighted by atomic mass is 9.97. The molecule has 1 aromatic heterocycles. The van der Waals surface area contributed by atoms with Crippen LogP contribution in [0.15, 0.2) is 79.0 Å². The third-order valence-corrected chi connectivity index (χ3v) is 6.49. The highest BCUT2D eigenvalue weighted by molar-refractivity contribution is 6.30. The Bertz CT molecular complexity index is 1250. The SMILES string of the molecule is Cc1ccc(-n2ncc(-c3ccc(Cl)cc3)c2-c2ccccc2C(F)(F)F)cc1.NCCN1CCOCC1. The standard InChI is InChI=1S/C23H16ClF3N2.C6H14N2O/c1-15-6-12-18(13-7-15)29-22(19-4-2-3-5-21(19)23(25,26)27)20(14-28-29)16-8-10-17(24)11-9-16;7-1-2-8-3-5-9-6-4-8/h2-14H,1H3;1-7H2. The summed E-state index contributed by atoms with van der Waals surface area (Å²) in [7, 11) is 0. The number of benzene rings is 3. The summed E-state index contributed by atoms with van der Waals surface area (Å²) in [4.78, 5) is 2.32. The number of nitrogens with two attached hydrogens (primary N) is 1. The fourth-order valence-electron chi connectivity index (χ4n) is 4.27. The minimum Gasteiger partial charge on any atom is -0.379 e. The zero-order chi connectivity index (χ0) is 27.1. The second kappa shape index (κ2) is 12.6. The Labute approximate surface area is 225 Å². The average Bonchev–Trinajstić information content (AvgIpc) is 3.35. The van der Waals surface area contributed by atoms with E-state index < -0.39 is 11.7 Å². The molecular weight excluding hydrogens is 513 g/mol. The number of nitrogens with zero attached hydrogens (tertiary/aromatic N) is 3. The van der Waals surface area contributed by atoms with Crippen molar-refractivity contribution in [3.05, 3.63) is 95.1 Å². The summed E-state index contributed by atoms with van der Waals surface area (Å²) in [6, 6.07) is 20.0. The van der Waals surface area contributed by atoms with Gasteiger partial charge in [-0.05, 0) is 42.8 Å². The number of ether oxygens (including phenoxy) is 1. The highest BCUT2D eigenvalue weighted by Gasteiger charge is 2.35. The lowest BCUT2D eigenvalue weighted by molar-refractivity contribution is -0.137. The maximum atomic E-state index is 13.8. The predicted molar refractivity (Wildman–Crippen MR) is 145 cm³/mol. The van der Waals surface area contributed by atoms with Gasteiger partial charge in [0.2, 0.25) is 0 Å². The number of alkyl halides is 3. The molecule has 0 aliphatic carbocycles. The van der Waals surface area contributed by atoms with Crippen LogP contribution in [0.25, 0.3) is 28.1 Å². The van der Waals surface area contributed by atoms with E-state index in [4.69, 9.17) is 22.1 Å². The summed E-state index contributed by atoms with van der Waals surface area (Å²) in [6.45, 7) is 7.59. The van der Waals surface area contributed by atoms with Crippen LogP contribution in [0.3, 0.4) is 0 Å². The molecule has 1 fully saturated rings. The zero-order valence-corrected chi connectivity index (χ0v) is 21.8. The smallest absolute Gasteiger partial charge is 0.379 e. The van der Waals surface area contributed by atoms with Gasteiger partial charge in [-0.25, -0.2) is 4.68 Å². The van der Waals surface area contributed by atoms with Crippen LogP contribution in [-0.2, 0) is 10.9 Å². The van der Waals surface area contributed by atoms with Crippen LogP contribution in [0.4, 0.5) is 13.2 Å². The largest absolute Gasteiger partial charge is 0.417 e. The first-order chi connectivity index (χ1) is 18.3. The van der Waals surface area contributed by atoms with E-state index in [9.17, 15) is 13.2 Å². The third-order valence-electron chi connectivity index (χ3n) is 6.24. The molecule has 0 saturated carbocycles. The van der Waals surface area contributed by atoms with Crippen LogP contribution in [0.5, 0.6) is 0 Å². The van der Waals surface area contributed by atoms with E-state index in [0.29, 0.717) is 22.0 Å². The van der Waals surface area contributed by atoms with Gasteiger partial charge in [-0.3, -0.25) is 4.90 Å². The quantitative estimate of drug-likeness (QED) is 0.314. The molecule has 1 aliphatic rings. The van der Waals surface area contributed by atoms with Crippen molar-refractivity contribution in [3.63, 3.8) is 0 Å². The van der Waals surface area contributed by atoms with Gasteiger partial charge in [0, 0.05) is 42.3 Å². The number of halogens is 4. The molecule has 1 aliphatic heterocycles. The van der Waals surface area contributed by atoms with Crippen LogP contribution < -0.4 is 5.73 Å². The number of hydrogen-bond acceptors (Lipinski definition) is 4. The minimum atomic E-state index is -4.49. The van der Waals surface area contributed by atoms with Crippen LogP contribution in [0.2, 0.25) is 5.02 Å². The normalized spacial score (nSPS) is 14.2. The number of aryl methyl sites for hydroxylation is 1. The van der Waals surface area contributed by atoms with E-state index in [1.807, 2.05) is 31.2 Å². The molecule has 0 radical (unpaired) electrons. The average molecular weight is 543 g/mol. The first-order valence-corrected chi connectivity index (χ1v) is 12.7. The number of morpholine rings is 1.